The summed E-state index contributed by atoms with van der Waals surface area (Å²) in [6.07, 6.45) is 2.41. The van der Waals surface area contributed by atoms with Gasteiger partial charge in [-0.3, -0.25) is 4.79 Å². The molecule has 160 valence electrons. The molecule has 12 heteroatoms. The largest absolute Gasteiger partial charge is 0.480 e. The third-order valence-electron chi connectivity index (χ3n) is 6.65. The van der Waals surface area contributed by atoms with E-state index in [0.29, 0.717) is 25.9 Å². The van der Waals surface area contributed by atoms with Gasteiger partial charge in [-0.05, 0) is 38.0 Å². The molecule has 3 saturated heterocycles. The lowest BCUT2D eigenvalue weighted by molar-refractivity contribution is -0.144. The van der Waals surface area contributed by atoms with Crippen molar-refractivity contribution in [3.8, 4) is 0 Å². The van der Waals surface area contributed by atoms with Crippen molar-refractivity contribution in [3.63, 3.8) is 0 Å². The average molecular weight is 418 g/mol. The Hall–Kier alpha value is -0.755. The first kappa shape index (κ1) is 21.9. The van der Waals surface area contributed by atoms with Gasteiger partial charge in [0.1, 0.15) is 5.54 Å². The minimum Gasteiger partial charge on any atom is -0.480 e. The maximum absolute atomic E-state index is 13.1. The summed E-state index contributed by atoms with van der Waals surface area (Å²) in [5.41, 5.74) is 4.67. The highest BCUT2D eigenvalue weighted by atomic mass is 32.2. The predicted molar refractivity (Wildman–Crippen MR) is 104 cm³/mol. The average Bonchev–Trinajstić information content (AvgIpc) is 2.93. The second kappa shape index (κ2) is 7.82. The third-order valence-corrected chi connectivity index (χ3v) is 8.60. The molecule has 0 aromatic heterocycles. The van der Waals surface area contributed by atoms with E-state index in [9.17, 15) is 18.3 Å². The molecular formula is C16H31BN4O6S. The highest BCUT2D eigenvalue weighted by molar-refractivity contribution is 7.86. The van der Waals surface area contributed by atoms with Crippen LogP contribution in [0.5, 0.6) is 0 Å². The lowest BCUT2D eigenvalue weighted by Crippen LogP contribution is -2.60. The van der Waals surface area contributed by atoms with E-state index >= 15 is 0 Å². The summed E-state index contributed by atoms with van der Waals surface area (Å²) in [6, 6.07) is 0. The van der Waals surface area contributed by atoms with Crippen molar-refractivity contribution >= 4 is 23.3 Å². The molecule has 0 amide bonds. The number of carboxylic acid groups (broad SMARTS) is 1. The molecule has 0 aromatic rings. The lowest BCUT2D eigenvalue weighted by atomic mass is 9.73. The van der Waals surface area contributed by atoms with E-state index < -0.39 is 34.8 Å². The Morgan fingerprint density at radius 1 is 1.18 bits per heavy atom. The monoisotopic (exact) mass is 418 g/mol. The van der Waals surface area contributed by atoms with E-state index in [1.54, 1.807) is 0 Å². The van der Waals surface area contributed by atoms with Crippen molar-refractivity contribution in [3.05, 3.63) is 0 Å². The van der Waals surface area contributed by atoms with E-state index in [1.165, 1.54) is 8.61 Å². The lowest BCUT2D eigenvalue weighted by Gasteiger charge is -2.52. The Morgan fingerprint density at radius 2 is 1.79 bits per heavy atom. The van der Waals surface area contributed by atoms with Crippen molar-refractivity contribution in [1.29, 1.82) is 0 Å². The van der Waals surface area contributed by atoms with Gasteiger partial charge in [0.15, 0.2) is 0 Å². The molecule has 0 radical (unpaired) electrons. The topological polar surface area (TPSA) is 148 Å². The van der Waals surface area contributed by atoms with E-state index in [4.69, 9.17) is 15.8 Å². The van der Waals surface area contributed by atoms with E-state index in [1.807, 2.05) is 0 Å². The standard InChI is InChI=1S/C16H31BN4O6S/c1-19-10-15(11-19)4-7-20(8-5-15)28(26,27)21-9-13(3-2-6-17(24)25)16(18,12-21)14(22)23/h13,24-25H,2-12,18H2,1H3,(H,22,23)/t13-,16-/m0/s1. The van der Waals surface area contributed by atoms with Crippen LogP contribution in [-0.2, 0) is 15.0 Å². The molecule has 0 aliphatic carbocycles. The van der Waals surface area contributed by atoms with Crippen LogP contribution in [0.15, 0.2) is 0 Å². The molecule has 0 unspecified atom stereocenters. The van der Waals surface area contributed by atoms with Gasteiger partial charge in [-0.25, -0.2) is 0 Å². The van der Waals surface area contributed by atoms with Crippen molar-refractivity contribution in [2.75, 3.05) is 46.3 Å². The van der Waals surface area contributed by atoms with E-state index in [2.05, 4.69) is 11.9 Å². The van der Waals surface area contributed by atoms with Crippen LogP contribution in [0.25, 0.3) is 0 Å². The number of hydrogen-bond donors (Lipinski definition) is 4. The van der Waals surface area contributed by atoms with Gasteiger partial charge >= 0.3 is 13.1 Å². The number of aliphatic carboxylic acids is 1. The van der Waals surface area contributed by atoms with Crippen LogP contribution >= 0.6 is 0 Å². The van der Waals surface area contributed by atoms with Gasteiger partial charge in [0.25, 0.3) is 10.2 Å². The second-order valence-corrected chi connectivity index (χ2v) is 10.8. The van der Waals surface area contributed by atoms with Crippen LogP contribution in [0.3, 0.4) is 0 Å². The maximum Gasteiger partial charge on any atom is 0.451 e. The molecule has 1 spiro atoms. The summed E-state index contributed by atoms with van der Waals surface area (Å²) in [5, 5.41) is 27.6. The fourth-order valence-electron chi connectivity index (χ4n) is 4.98. The number of hydrogen-bond acceptors (Lipinski definition) is 7. The molecule has 28 heavy (non-hydrogen) atoms. The Balaban J connectivity index is 1.66. The Bertz CT molecular complexity index is 691. The molecule has 3 rings (SSSR count). The van der Waals surface area contributed by atoms with Gasteiger partial charge < -0.3 is 25.8 Å². The zero-order valence-corrected chi connectivity index (χ0v) is 17.1. The molecule has 3 fully saturated rings. The maximum atomic E-state index is 13.1. The minimum atomic E-state index is -3.78. The first-order chi connectivity index (χ1) is 13.0. The third kappa shape index (κ3) is 4.09. The molecule has 0 bridgehead atoms. The molecule has 5 N–H and O–H groups in total. The summed E-state index contributed by atoms with van der Waals surface area (Å²) >= 11 is 0. The van der Waals surface area contributed by atoms with E-state index in [0.717, 1.165) is 25.9 Å². The number of rotatable bonds is 7. The van der Waals surface area contributed by atoms with Crippen LogP contribution in [0.2, 0.25) is 6.32 Å². The van der Waals surface area contributed by atoms with Crippen LogP contribution in [0.4, 0.5) is 0 Å². The highest BCUT2D eigenvalue weighted by Crippen LogP contribution is 2.41. The first-order valence-electron chi connectivity index (χ1n) is 9.81. The normalized spacial score (nSPS) is 31.8. The van der Waals surface area contributed by atoms with Crippen LogP contribution in [-0.4, -0.2) is 102 Å². The minimum absolute atomic E-state index is 0.0387. The fourth-order valence-corrected chi connectivity index (χ4v) is 6.69. The van der Waals surface area contributed by atoms with Gasteiger partial charge in [-0.1, -0.05) is 6.42 Å². The molecule has 2 atom stereocenters. The molecule has 3 aliphatic heterocycles. The smallest absolute Gasteiger partial charge is 0.451 e. The molecular weight excluding hydrogens is 387 g/mol. The highest BCUT2D eigenvalue weighted by Gasteiger charge is 2.54. The Morgan fingerprint density at radius 3 is 2.29 bits per heavy atom. The Kier molecular flexibility index (Phi) is 6.13. The second-order valence-electron chi connectivity index (χ2n) is 8.83. The first-order valence-corrected chi connectivity index (χ1v) is 11.2. The Labute approximate surface area is 166 Å². The molecule has 0 saturated carbocycles. The quantitative estimate of drug-likeness (QED) is 0.355. The number of nitrogens with zero attached hydrogens (tertiary/aromatic N) is 3. The van der Waals surface area contributed by atoms with Crippen LogP contribution < -0.4 is 5.73 Å². The number of piperidine rings is 1. The van der Waals surface area contributed by atoms with Gasteiger partial charge in [0.05, 0.1) is 0 Å². The van der Waals surface area contributed by atoms with Gasteiger partial charge in [-0.2, -0.15) is 17.0 Å². The summed E-state index contributed by atoms with van der Waals surface area (Å²) in [7, 11) is -3.19. The zero-order chi connectivity index (χ0) is 20.7. The van der Waals surface area contributed by atoms with Crippen molar-refractivity contribution in [2.45, 2.75) is 37.5 Å². The van der Waals surface area contributed by atoms with Crippen molar-refractivity contribution in [1.82, 2.24) is 13.5 Å². The van der Waals surface area contributed by atoms with Gasteiger partial charge in [0, 0.05) is 45.2 Å². The number of likely N-dealkylation sites (tertiary alicyclic amines) is 1. The van der Waals surface area contributed by atoms with Crippen molar-refractivity contribution in [2.24, 2.45) is 17.1 Å². The van der Waals surface area contributed by atoms with Crippen LogP contribution in [0.1, 0.15) is 25.7 Å². The molecule has 10 nitrogen and oxygen atoms in total. The summed E-state index contributed by atoms with van der Waals surface area (Å²) in [6.45, 7) is 2.65. The fraction of sp³-hybridized carbons (Fsp3) is 0.938. The summed E-state index contributed by atoms with van der Waals surface area (Å²) in [4.78, 5) is 14.0. The summed E-state index contributed by atoms with van der Waals surface area (Å²) < 4.78 is 28.9. The molecule has 3 heterocycles. The van der Waals surface area contributed by atoms with E-state index in [-0.39, 0.29) is 24.8 Å². The number of nitrogens with two attached hydrogens (primary N) is 1. The SMILES string of the molecule is CN1CC2(CCN(S(=O)(=O)N3C[C@H](CCCB(O)O)[C@](N)(C(=O)O)C3)CC2)C1. The predicted octanol–water partition coefficient (Wildman–Crippen LogP) is -1.77. The van der Waals surface area contributed by atoms with Crippen LogP contribution in [0, 0.1) is 11.3 Å². The van der Waals surface area contributed by atoms with Crippen molar-refractivity contribution < 1.29 is 28.4 Å². The number of carbonyl (C=O) groups is 1. The number of carboxylic acids is 1. The van der Waals surface area contributed by atoms with Gasteiger partial charge in [-0.15, -0.1) is 0 Å². The zero-order valence-electron chi connectivity index (χ0n) is 16.3. The molecule has 3 aliphatic rings. The molecule has 0 aromatic carbocycles. The summed E-state index contributed by atoms with van der Waals surface area (Å²) in [5.74, 6) is -1.80. The van der Waals surface area contributed by atoms with Gasteiger partial charge in [0.2, 0.25) is 0 Å².